The summed E-state index contributed by atoms with van der Waals surface area (Å²) in [4.78, 5) is 0. The van der Waals surface area contributed by atoms with Gasteiger partial charge in [0.05, 0.1) is 5.38 Å². The molecule has 0 aliphatic heterocycles. The van der Waals surface area contributed by atoms with Gasteiger partial charge in [-0.3, -0.25) is 0 Å². The van der Waals surface area contributed by atoms with Gasteiger partial charge in [-0.1, -0.05) is 20.3 Å². The molecule has 0 saturated heterocycles. The summed E-state index contributed by atoms with van der Waals surface area (Å²) in [5.74, 6) is -0.632. The Balaban J connectivity index is 2.91. The number of benzene rings is 1. The molecular weight excluding hydrogens is 230 g/mol. The Morgan fingerprint density at radius 3 is 2.44 bits per heavy atom. The SMILES string of the molecule is CCC(C)CC(Cl)c1cc(C)c(F)cc1F. The van der Waals surface area contributed by atoms with E-state index in [0.717, 1.165) is 12.5 Å². The van der Waals surface area contributed by atoms with Crippen LogP contribution in [0.15, 0.2) is 12.1 Å². The van der Waals surface area contributed by atoms with Crippen molar-refractivity contribution < 1.29 is 8.78 Å². The Morgan fingerprint density at radius 1 is 1.25 bits per heavy atom. The fraction of sp³-hybridized carbons (Fsp3) is 0.538. The van der Waals surface area contributed by atoms with Crippen molar-refractivity contribution in [3.63, 3.8) is 0 Å². The molecule has 0 heterocycles. The summed E-state index contributed by atoms with van der Waals surface area (Å²) in [5.41, 5.74) is 0.840. The molecule has 16 heavy (non-hydrogen) atoms. The highest BCUT2D eigenvalue weighted by Gasteiger charge is 2.17. The summed E-state index contributed by atoms with van der Waals surface area (Å²) in [6.07, 6.45) is 1.71. The molecule has 0 amide bonds. The van der Waals surface area contributed by atoms with Crippen LogP contribution in [0.25, 0.3) is 0 Å². The molecule has 0 N–H and O–H groups in total. The summed E-state index contributed by atoms with van der Waals surface area (Å²) in [7, 11) is 0. The number of hydrogen-bond donors (Lipinski definition) is 0. The molecule has 1 aromatic carbocycles. The van der Waals surface area contributed by atoms with Gasteiger partial charge in [0.25, 0.3) is 0 Å². The van der Waals surface area contributed by atoms with Crippen molar-refractivity contribution in [2.75, 3.05) is 0 Å². The second-order valence-corrected chi connectivity index (χ2v) is 4.87. The van der Waals surface area contributed by atoms with E-state index in [1.807, 2.05) is 0 Å². The molecule has 90 valence electrons. The molecule has 2 unspecified atom stereocenters. The second kappa shape index (κ2) is 5.62. The van der Waals surface area contributed by atoms with Gasteiger partial charge in [0.1, 0.15) is 11.6 Å². The summed E-state index contributed by atoms with van der Waals surface area (Å²) in [6.45, 7) is 5.76. The Bertz CT molecular complexity index is 363. The molecule has 3 heteroatoms. The highest BCUT2D eigenvalue weighted by Crippen LogP contribution is 2.31. The standard InChI is InChI=1S/C13H17ClF2/c1-4-8(2)5-11(14)10-6-9(3)12(15)7-13(10)16/h6-8,11H,4-5H2,1-3H3. The fourth-order valence-electron chi connectivity index (χ4n) is 1.57. The Labute approximate surface area is 101 Å². The lowest BCUT2D eigenvalue weighted by Crippen LogP contribution is -2.02. The first-order valence-electron chi connectivity index (χ1n) is 5.55. The number of alkyl halides is 1. The molecule has 0 saturated carbocycles. The van der Waals surface area contributed by atoms with E-state index < -0.39 is 11.6 Å². The first kappa shape index (κ1) is 13.4. The monoisotopic (exact) mass is 246 g/mol. The zero-order valence-corrected chi connectivity index (χ0v) is 10.6. The van der Waals surface area contributed by atoms with Crippen molar-refractivity contribution in [1.82, 2.24) is 0 Å². The van der Waals surface area contributed by atoms with Crippen molar-refractivity contribution in [3.05, 3.63) is 34.9 Å². The smallest absolute Gasteiger partial charge is 0.130 e. The summed E-state index contributed by atoms with van der Waals surface area (Å²) >= 11 is 6.15. The normalized spacial score (nSPS) is 14.9. The highest BCUT2D eigenvalue weighted by molar-refractivity contribution is 6.20. The van der Waals surface area contributed by atoms with E-state index in [9.17, 15) is 8.78 Å². The van der Waals surface area contributed by atoms with Crippen molar-refractivity contribution in [2.24, 2.45) is 5.92 Å². The van der Waals surface area contributed by atoms with E-state index in [-0.39, 0.29) is 5.38 Å². The maximum absolute atomic E-state index is 13.5. The van der Waals surface area contributed by atoms with Crippen LogP contribution in [0.1, 0.15) is 43.2 Å². The third kappa shape index (κ3) is 3.18. The minimum atomic E-state index is -0.550. The van der Waals surface area contributed by atoms with Crippen LogP contribution in [0.3, 0.4) is 0 Å². The summed E-state index contributed by atoms with van der Waals surface area (Å²) < 4.78 is 26.6. The van der Waals surface area contributed by atoms with Gasteiger partial charge >= 0.3 is 0 Å². The minimum absolute atomic E-state index is 0.380. The molecule has 0 spiro atoms. The molecular formula is C13H17ClF2. The molecule has 0 fully saturated rings. The lowest BCUT2D eigenvalue weighted by atomic mass is 9.97. The predicted octanol–water partition coefficient (Wildman–Crippen LogP) is 4.99. The van der Waals surface area contributed by atoms with Gasteiger partial charge in [-0.25, -0.2) is 8.78 Å². The Hall–Kier alpha value is -0.630. The number of hydrogen-bond acceptors (Lipinski definition) is 0. The maximum Gasteiger partial charge on any atom is 0.130 e. The number of rotatable bonds is 4. The van der Waals surface area contributed by atoms with Gasteiger partial charge in [0, 0.05) is 11.6 Å². The van der Waals surface area contributed by atoms with E-state index in [1.54, 1.807) is 6.92 Å². The topological polar surface area (TPSA) is 0 Å². The van der Waals surface area contributed by atoms with Crippen LogP contribution in [0.2, 0.25) is 0 Å². The minimum Gasteiger partial charge on any atom is -0.207 e. The van der Waals surface area contributed by atoms with Gasteiger partial charge in [-0.05, 0) is 30.9 Å². The van der Waals surface area contributed by atoms with Crippen LogP contribution < -0.4 is 0 Å². The third-order valence-electron chi connectivity index (χ3n) is 2.92. The van der Waals surface area contributed by atoms with Crippen LogP contribution in [0.4, 0.5) is 8.78 Å². The lowest BCUT2D eigenvalue weighted by molar-refractivity contribution is 0.494. The molecule has 0 bridgehead atoms. The molecule has 0 aliphatic carbocycles. The van der Waals surface area contributed by atoms with Crippen molar-refractivity contribution in [1.29, 1.82) is 0 Å². The van der Waals surface area contributed by atoms with E-state index in [4.69, 9.17) is 11.6 Å². The van der Waals surface area contributed by atoms with Crippen molar-refractivity contribution in [3.8, 4) is 0 Å². The highest BCUT2D eigenvalue weighted by atomic mass is 35.5. The maximum atomic E-state index is 13.5. The molecule has 0 aliphatic rings. The zero-order valence-electron chi connectivity index (χ0n) is 9.86. The quantitative estimate of drug-likeness (QED) is 0.657. The van der Waals surface area contributed by atoms with Crippen LogP contribution in [0, 0.1) is 24.5 Å². The average molecular weight is 247 g/mol. The summed E-state index contributed by atoms with van der Waals surface area (Å²) in [6, 6.07) is 2.42. The molecule has 0 radical (unpaired) electrons. The van der Waals surface area contributed by atoms with E-state index >= 15 is 0 Å². The average Bonchev–Trinajstić information content (AvgIpc) is 2.23. The first-order valence-corrected chi connectivity index (χ1v) is 5.99. The van der Waals surface area contributed by atoms with Gasteiger partial charge < -0.3 is 0 Å². The fourth-order valence-corrected chi connectivity index (χ4v) is 2.04. The number of aryl methyl sites for hydroxylation is 1. The van der Waals surface area contributed by atoms with E-state index in [0.29, 0.717) is 23.5 Å². The van der Waals surface area contributed by atoms with Crippen molar-refractivity contribution in [2.45, 2.75) is 39.0 Å². The molecule has 1 rings (SSSR count). The zero-order chi connectivity index (χ0) is 12.3. The molecule has 1 aromatic rings. The molecule has 0 nitrogen and oxygen atoms in total. The van der Waals surface area contributed by atoms with Crippen LogP contribution in [-0.4, -0.2) is 0 Å². The molecule has 2 atom stereocenters. The molecule has 0 aromatic heterocycles. The van der Waals surface area contributed by atoms with Gasteiger partial charge in [0.15, 0.2) is 0 Å². The third-order valence-corrected chi connectivity index (χ3v) is 3.33. The lowest BCUT2D eigenvalue weighted by Gasteiger charge is -2.15. The van der Waals surface area contributed by atoms with Crippen LogP contribution >= 0.6 is 11.6 Å². The Morgan fingerprint density at radius 2 is 1.88 bits per heavy atom. The van der Waals surface area contributed by atoms with Crippen LogP contribution in [0.5, 0.6) is 0 Å². The van der Waals surface area contributed by atoms with Crippen molar-refractivity contribution >= 4 is 11.6 Å². The largest absolute Gasteiger partial charge is 0.207 e. The van der Waals surface area contributed by atoms with Gasteiger partial charge in [0.2, 0.25) is 0 Å². The number of halogens is 3. The van der Waals surface area contributed by atoms with Gasteiger partial charge in [-0.2, -0.15) is 0 Å². The second-order valence-electron chi connectivity index (χ2n) is 4.34. The van der Waals surface area contributed by atoms with E-state index in [1.165, 1.54) is 6.07 Å². The van der Waals surface area contributed by atoms with Gasteiger partial charge in [-0.15, -0.1) is 11.6 Å². The predicted molar refractivity (Wildman–Crippen MR) is 63.8 cm³/mol. The Kier molecular flexibility index (Phi) is 4.72. The summed E-state index contributed by atoms with van der Waals surface area (Å²) in [5, 5.41) is -0.380. The van der Waals surface area contributed by atoms with E-state index in [2.05, 4.69) is 13.8 Å². The first-order chi connectivity index (χ1) is 7.45. The van der Waals surface area contributed by atoms with Crippen LogP contribution in [-0.2, 0) is 0 Å².